The number of rotatable bonds is 4. The van der Waals surface area contributed by atoms with Crippen molar-refractivity contribution in [2.24, 2.45) is 11.7 Å². The first-order chi connectivity index (χ1) is 10.2. The Morgan fingerprint density at radius 1 is 1.05 bits per heavy atom. The van der Waals surface area contributed by atoms with Crippen molar-refractivity contribution in [1.29, 1.82) is 0 Å². The van der Waals surface area contributed by atoms with Gasteiger partial charge in [0, 0.05) is 26.1 Å². The molecule has 0 spiro atoms. The first kappa shape index (κ1) is 16.0. The highest BCUT2D eigenvalue weighted by Crippen LogP contribution is 2.24. The molecule has 0 unspecified atom stereocenters. The van der Waals surface area contributed by atoms with E-state index in [0.717, 1.165) is 18.4 Å². The van der Waals surface area contributed by atoms with Crippen LogP contribution in [0.2, 0.25) is 0 Å². The summed E-state index contributed by atoms with van der Waals surface area (Å²) in [6.07, 6.45) is 8.45. The molecule has 0 saturated heterocycles. The van der Waals surface area contributed by atoms with Crippen LogP contribution in [0.5, 0.6) is 0 Å². The molecule has 0 radical (unpaired) electrons. The zero-order valence-electron chi connectivity index (χ0n) is 13.2. The molecule has 1 aliphatic carbocycles. The van der Waals surface area contributed by atoms with Gasteiger partial charge in [0.1, 0.15) is 0 Å². The Morgan fingerprint density at radius 3 is 2.14 bits per heavy atom. The van der Waals surface area contributed by atoms with Crippen molar-refractivity contribution < 1.29 is 4.79 Å². The molecule has 1 aromatic rings. The van der Waals surface area contributed by atoms with Crippen LogP contribution in [0.4, 0.5) is 0 Å². The lowest BCUT2D eigenvalue weighted by atomic mass is 9.90. The molecule has 1 saturated carbocycles. The molecule has 0 heterocycles. The number of amides is 1. The fourth-order valence-electron chi connectivity index (χ4n) is 3.15. The molecule has 1 aromatic carbocycles. The van der Waals surface area contributed by atoms with Crippen LogP contribution in [0.25, 0.3) is 0 Å². The average Bonchev–Trinajstić information content (AvgIpc) is 2.47. The Morgan fingerprint density at radius 2 is 1.57 bits per heavy atom. The fourth-order valence-corrected chi connectivity index (χ4v) is 3.15. The molecule has 2 rings (SSSR count). The van der Waals surface area contributed by atoms with Crippen LogP contribution in [-0.2, 0) is 17.9 Å². The van der Waals surface area contributed by atoms with E-state index in [1.807, 2.05) is 24.1 Å². The highest BCUT2D eigenvalue weighted by molar-refractivity contribution is 5.78. The number of hydrogen-bond acceptors (Lipinski definition) is 2. The van der Waals surface area contributed by atoms with Crippen molar-refractivity contribution >= 4 is 5.91 Å². The van der Waals surface area contributed by atoms with Gasteiger partial charge in [-0.25, -0.2) is 0 Å². The number of carbonyl (C=O) groups is 1. The van der Waals surface area contributed by atoms with Crippen molar-refractivity contribution in [2.45, 2.75) is 58.0 Å². The molecule has 2 N–H and O–H groups in total. The topological polar surface area (TPSA) is 46.3 Å². The lowest BCUT2D eigenvalue weighted by Crippen LogP contribution is -2.32. The molecule has 0 aromatic heterocycles. The molecule has 0 atom stereocenters. The van der Waals surface area contributed by atoms with Gasteiger partial charge in [0.05, 0.1) is 0 Å². The van der Waals surface area contributed by atoms with Crippen molar-refractivity contribution in [1.82, 2.24) is 4.90 Å². The number of nitrogens with two attached hydrogens (primary N) is 1. The van der Waals surface area contributed by atoms with E-state index in [2.05, 4.69) is 12.1 Å². The van der Waals surface area contributed by atoms with Crippen LogP contribution in [-0.4, -0.2) is 17.9 Å². The van der Waals surface area contributed by atoms with Crippen LogP contribution < -0.4 is 5.73 Å². The Balaban J connectivity index is 1.90. The largest absolute Gasteiger partial charge is 0.341 e. The standard InChI is InChI=1S/C18H28N2O/c1-20(14-16-11-9-15(13-19)10-12-16)18(21)17-7-5-3-2-4-6-8-17/h9-12,17H,2-8,13-14,19H2,1H3. The quantitative estimate of drug-likeness (QED) is 0.922. The smallest absolute Gasteiger partial charge is 0.225 e. The van der Waals surface area contributed by atoms with E-state index >= 15 is 0 Å². The summed E-state index contributed by atoms with van der Waals surface area (Å²) in [5.74, 6) is 0.554. The van der Waals surface area contributed by atoms with Gasteiger partial charge in [-0.15, -0.1) is 0 Å². The molecule has 21 heavy (non-hydrogen) atoms. The third-order valence-electron chi connectivity index (χ3n) is 4.51. The first-order valence-corrected chi connectivity index (χ1v) is 8.23. The summed E-state index contributed by atoms with van der Waals surface area (Å²) < 4.78 is 0. The zero-order chi connectivity index (χ0) is 15.1. The monoisotopic (exact) mass is 288 g/mol. The number of nitrogens with zero attached hydrogens (tertiary/aromatic N) is 1. The molecule has 3 nitrogen and oxygen atoms in total. The van der Waals surface area contributed by atoms with Gasteiger partial charge in [0.15, 0.2) is 0 Å². The van der Waals surface area contributed by atoms with Gasteiger partial charge in [-0.3, -0.25) is 4.79 Å². The highest BCUT2D eigenvalue weighted by Gasteiger charge is 2.22. The van der Waals surface area contributed by atoms with Crippen LogP contribution in [0, 0.1) is 5.92 Å². The molecule has 1 amide bonds. The lowest BCUT2D eigenvalue weighted by molar-refractivity contribution is -0.135. The Labute approximate surface area is 128 Å². The third-order valence-corrected chi connectivity index (χ3v) is 4.51. The van der Waals surface area contributed by atoms with Crippen LogP contribution in [0.3, 0.4) is 0 Å². The predicted molar refractivity (Wildman–Crippen MR) is 86.6 cm³/mol. The van der Waals surface area contributed by atoms with Gasteiger partial charge in [0.25, 0.3) is 0 Å². The minimum atomic E-state index is 0.235. The summed E-state index contributed by atoms with van der Waals surface area (Å²) in [6.45, 7) is 1.26. The van der Waals surface area contributed by atoms with Crippen molar-refractivity contribution in [3.05, 3.63) is 35.4 Å². The van der Waals surface area contributed by atoms with Crippen LogP contribution in [0.15, 0.2) is 24.3 Å². The molecule has 116 valence electrons. The van der Waals surface area contributed by atoms with Crippen LogP contribution in [0.1, 0.15) is 56.1 Å². The highest BCUT2D eigenvalue weighted by atomic mass is 16.2. The summed E-state index contributed by atoms with van der Waals surface area (Å²) >= 11 is 0. The van der Waals surface area contributed by atoms with Gasteiger partial charge in [-0.05, 0) is 24.0 Å². The average molecular weight is 288 g/mol. The molecular formula is C18H28N2O. The second-order valence-corrected chi connectivity index (χ2v) is 6.26. The van der Waals surface area contributed by atoms with Gasteiger partial charge in [-0.1, -0.05) is 56.4 Å². The molecule has 0 bridgehead atoms. The van der Waals surface area contributed by atoms with Gasteiger partial charge in [0.2, 0.25) is 5.91 Å². The molecule has 3 heteroatoms. The minimum absolute atomic E-state index is 0.235. The van der Waals surface area contributed by atoms with E-state index < -0.39 is 0 Å². The van der Waals surface area contributed by atoms with Gasteiger partial charge >= 0.3 is 0 Å². The third kappa shape index (κ3) is 4.85. The number of hydrogen-bond donors (Lipinski definition) is 1. The first-order valence-electron chi connectivity index (χ1n) is 8.23. The van der Waals surface area contributed by atoms with E-state index in [4.69, 9.17) is 5.73 Å². The lowest BCUT2D eigenvalue weighted by Gasteiger charge is -2.25. The van der Waals surface area contributed by atoms with Crippen LogP contribution >= 0.6 is 0 Å². The maximum absolute atomic E-state index is 12.6. The number of carbonyl (C=O) groups excluding carboxylic acids is 1. The molecule has 0 aliphatic heterocycles. The van der Waals surface area contributed by atoms with Crippen molar-refractivity contribution in [3.63, 3.8) is 0 Å². The minimum Gasteiger partial charge on any atom is -0.341 e. The second kappa shape index (κ2) is 8.18. The van der Waals surface area contributed by atoms with Crippen molar-refractivity contribution in [2.75, 3.05) is 7.05 Å². The summed E-state index contributed by atoms with van der Waals surface area (Å²) in [7, 11) is 1.93. The molecular weight excluding hydrogens is 260 g/mol. The normalized spacial score (nSPS) is 17.0. The second-order valence-electron chi connectivity index (χ2n) is 6.26. The van der Waals surface area contributed by atoms with E-state index in [-0.39, 0.29) is 5.92 Å². The van der Waals surface area contributed by atoms with E-state index in [1.54, 1.807) is 0 Å². The zero-order valence-corrected chi connectivity index (χ0v) is 13.2. The Hall–Kier alpha value is -1.35. The van der Waals surface area contributed by atoms with E-state index in [1.165, 1.54) is 37.7 Å². The summed E-state index contributed by atoms with van der Waals surface area (Å²) in [5.41, 5.74) is 7.92. The summed E-state index contributed by atoms with van der Waals surface area (Å²) in [5, 5.41) is 0. The predicted octanol–water partition coefficient (Wildman–Crippen LogP) is 3.46. The van der Waals surface area contributed by atoms with Gasteiger partial charge < -0.3 is 10.6 Å². The Bertz CT molecular complexity index is 433. The fraction of sp³-hybridized carbons (Fsp3) is 0.611. The summed E-state index contributed by atoms with van der Waals surface area (Å²) in [6, 6.07) is 8.24. The van der Waals surface area contributed by atoms with E-state index in [0.29, 0.717) is 19.0 Å². The SMILES string of the molecule is CN(Cc1ccc(CN)cc1)C(=O)C1CCCCCCC1. The number of benzene rings is 1. The maximum Gasteiger partial charge on any atom is 0.225 e. The van der Waals surface area contributed by atoms with E-state index in [9.17, 15) is 4.79 Å². The van der Waals surface area contributed by atoms with Gasteiger partial charge in [-0.2, -0.15) is 0 Å². The molecule has 1 fully saturated rings. The maximum atomic E-state index is 12.6. The Kier molecular flexibility index (Phi) is 6.24. The van der Waals surface area contributed by atoms with Crippen molar-refractivity contribution in [3.8, 4) is 0 Å². The molecule has 1 aliphatic rings. The summed E-state index contributed by atoms with van der Waals surface area (Å²) in [4.78, 5) is 14.5.